The number of ether oxygens (including phenoxy) is 26. The summed E-state index contributed by atoms with van der Waals surface area (Å²) in [6.45, 7) is 11.6. The summed E-state index contributed by atoms with van der Waals surface area (Å²) in [6.07, 6.45) is -33.4. The second kappa shape index (κ2) is 30.1. The Bertz CT molecular complexity index is 2810. The van der Waals surface area contributed by atoms with E-state index in [1.54, 1.807) is 41.7 Å². The van der Waals surface area contributed by atoms with Crippen LogP contribution in [0.5, 0.6) is 11.5 Å². The second-order valence-electron chi connectivity index (χ2n) is 26.6. The molecule has 0 aliphatic carbocycles. The Morgan fingerprint density at radius 2 is 1.28 bits per heavy atom. The molecule has 552 valence electrons. The monoisotopic (exact) mass is 1430 g/mol. The predicted octanol–water partition coefficient (Wildman–Crippen LogP) is 0.624. The molecule has 1 aromatic carbocycles. The van der Waals surface area contributed by atoms with Crippen molar-refractivity contribution in [2.24, 2.45) is 5.92 Å². The highest BCUT2D eigenvalue weighted by Gasteiger charge is 2.70. The van der Waals surface area contributed by atoms with Gasteiger partial charge < -0.3 is 154 Å². The van der Waals surface area contributed by atoms with Crippen LogP contribution < -0.4 is 4.74 Å². The lowest BCUT2D eigenvalue weighted by Gasteiger charge is -2.50. The van der Waals surface area contributed by atoms with E-state index in [1.165, 1.54) is 41.6 Å². The van der Waals surface area contributed by atoms with Crippen LogP contribution >= 0.6 is 23.2 Å². The first-order valence-corrected chi connectivity index (χ1v) is 33.4. The minimum absolute atomic E-state index is 0.0144. The summed E-state index contributed by atoms with van der Waals surface area (Å²) < 4.78 is 160. The van der Waals surface area contributed by atoms with Gasteiger partial charge in [-0.3, -0.25) is 0 Å². The van der Waals surface area contributed by atoms with Crippen LogP contribution in [0.25, 0.3) is 0 Å². The van der Waals surface area contributed by atoms with Crippen molar-refractivity contribution in [2.75, 3.05) is 69.3 Å². The average Bonchev–Trinajstić information content (AvgIpc) is 1.59. The number of carbonyl (C=O) groups excluding carboxylic acids is 1. The Kier molecular flexibility index (Phi) is 23.1. The molecule has 11 aliphatic heterocycles. The molecule has 0 bridgehead atoms. The van der Waals surface area contributed by atoms with E-state index in [-0.39, 0.29) is 78.9 Å². The van der Waals surface area contributed by atoms with Crippen LogP contribution in [0, 0.1) is 5.92 Å². The zero-order chi connectivity index (χ0) is 69.5. The molecule has 0 amide bonds. The zero-order valence-electron chi connectivity index (χ0n) is 56.0. The molecule has 6 N–H and O–H groups in total. The Morgan fingerprint density at radius 1 is 0.598 bits per heavy atom. The topological polar surface area (TPSA) is 378 Å². The molecular weight excluding hydrogens is 1340 g/mol. The minimum atomic E-state index is -1.97. The van der Waals surface area contributed by atoms with Crippen LogP contribution in [0.2, 0.25) is 10.0 Å². The van der Waals surface area contributed by atoms with E-state index in [2.05, 4.69) is 0 Å². The molecule has 11 fully saturated rings. The number of aromatic hydroxyl groups is 1. The van der Waals surface area contributed by atoms with Crippen molar-refractivity contribution in [3.8, 4) is 11.5 Å². The van der Waals surface area contributed by atoms with Gasteiger partial charge in [0.2, 0.25) is 0 Å². The van der Waals surface area contributed by atoms with Crippen molar-refractivity contribution in [1.82, 2.24) is 0 Å². The summed E-state index contributed by atoms with van der Waals surface area (Å²) in [7, 11) is 8.45. The molecule has 11 saturated heterocycles. The number of hydrogen-bond acceptors (Lipinski definition) is 33. The van der Waals surface area contributed by atoms with Crippen molar-refractivity contribution in [3.63, 3.8) is 0 Å². The molecule has 11 aliphatic rings. The van der Waals surface area contributed by atoms with Gasteiger partial charge in [0, 0.05) is 48.4 Å². The SMILES string of the molecule is COCC1OC(OC2OCC3OC4(OCC(O)C5OCOC54)OC3C2OC)C(OC)C(O)C1OC1OC(C)C(OC)C(OC2OC(C)C3OC4(CC(O)C(OC5CC(OC6CC(C)C(OC)C(C)O6)C(OC(=O)c6cc(Cl)c(O)c(Cl)c6OC)C(C)O5)C(C)O4)OC3(C)C2O)C1O. The molecule has 33 nitrogen and oxygen atoms in total. The summed E-state index contributed by atoms with van der Waals surface area (Å²) >= 11 is 12.6. The summed E-state index contributed by atoms with van der Waals surface area (Å²) in [5.74, 6) is -5.25. The summed E-state index contributed by atoms with van der Waals surface area (Å²) in [5, 5.41) is 69.4. The number of carbonyl (C=O) groups is 1. The van der Waals surface area contributed by atoms with Crippen molar-refractivity contribution < 1.29 is 159 Å². The van der Waals surface area contributed by atoms with E-state index >= 15 is 0 Å². The van der Waals surface area contributed by atoms with Crippen molar-refractivity contribution in [1.29, 1.82) is 0 Å². The fourth-order valence-electron chi connectivity index (χ4n) is 15.4. The number of esters is 1. The minimum Gasteiger partial charge on any atom is -0.505 e. The van der Waals surface area contributed by atoms with Crippen LogP contribution in [0.15, 0.2) is 6.07 Å². The van der Waals surface area contributed by atoms with Crippen LogP contribution in [-0.2, 0) is 118 Å². The van der Waals surface area contributed by atoms with Crippen molar-refractivity contribution in [3.05, 3.63) is 21.7 Å². The lowest BCUT2D eigenvalue weighted by molar-refractivity contribution is -0.415. The number of phenolic OH excluding ortho intramolecular Hbond substituents is 1. The van der Waals surface area contributed by atoms with Crippen LogP contribution in [0.1, 0.15) is 78.1 Å². The smallest absolute Gasteiger partial charge is 0.342 e. The summed E-state index contributed by atoms with van der Waals surface area (Å²) in [6, 6.07) is 1.18. The molecule has 0 saturated carbocycles. The quantitative estimate of drug-likeness (QED) is 0.103. The third-order valence-corrected chi connectivity index (χ3v) is 20.8. The molecule has 35 heteroatoms. The molecule has 11 heterocycles. The molecule has 0 aromatic heterocycles. The standard InChI is InChI=1S/C62H92Cl2O33/c1-22-14-35(82-23(2)41(22)73-9)86-32-16-36(83-24(3)43(32)89-55(71)28-15-29(63)38(67)37(64)45(28)75-11)88-42-26(5)93-61(17-30(42)65)96-53-27(6)85-59(52(70)60(53,7)97-61)91-49-40(69)56(84-25(4)44(49)74-10)90-47-33(19-72-8)87-58(50(76-12)39(47)68)92-57-51(77-13)48-34(20-78-57)94-62(95-48)54-46(79-21-80-54)31(66)18-81-62/h15,22-27,30-36,39-44,46-54,56-59,65-70H,14,16-21H2,1-13H3. The molecule has 0 radical (unpaired) electrons. The number of methoxy groups -OCH3 is 6. The number of phenols is 1. The number of fused-ring (bicyclic) bond motifs is 4. The number of benzene rings is 1. The van der Waals surface area contributed by atoms with E-state index in [4.69, 9.17) is 146 Å². The molecule has 1 aromatic rings. The third-order valence-electron chi connectivity index (χ3n) is 20.2. The van der Waals surface area contributed by atoms with E-state index < -0.39 is 207 Å². The van der Waals surface area contributed by atoms with Gasteiger partial charge in [-0.15, -0.1) is 0 Å². The number of halogens is 2. The van der Waals surface area contributed by atoms with E-state index in [0.717, 1.165) is 0 Å². The lowest BCUT2D eigenvalue weighted by Crippen LogP contribution is -2.68. The fourth-order valence-corrected chi connectivity index (χ4v) is 16.0. The summed E-state index contributed by atoms with van der Waals surface area (Å²) in [5.41, 5.74) is -1.83. The molecule has 2 spiro atoms. The Morgan fingerprint density at radius 3 is 1.96 bits per heavy atom. The van der Waals surface area contributed by atoms with Gasteiger partial charge in [-0.1, -0.05) is 30.1 Å². The first kappa shape index (κ1) is 74.4. The van der Waals surface area contributed by atoms with Crippen molar-refractivity contribution >= 4 is 29.2 Å². The maximum atomic E-state index is 14.0. The molecule has 35 atom stereocenters. The lowest BCUT2D eigenvalue weighted by atomic mass is 9.86. The van der Waals surface area contributed by atoms with Gasteiger partial charge in [0.25, 0.3) is 5.97 Å². The number of hydrogen-bond donors (Lipinski definition) is 6. The van der Waals surface area contributed by atoms with E-state index in [1.807, 2.05) is 13.8 Å². The molecular formula is C62H92Cl2O33. The van der Waals surface area contributed by atoms with Gasteiger partial charge in [-0.2, -0.15) is 0 Å². The Balaban J connectivity index is 0.691. The first-order chi connectivity index (χ1) is 46.2. The predicted molar refractivity (Wildman–Crippen MR) is 319 cm³/mol. The van der Waals surface area contributed by atoms with Gasteiger partial charge >= 0.3 is 11.9 Å². The average molecular weight is 1440 g/mol. The van der Waals surface area contributed by atoms with Gasteiger partial charge in [0.1, 0.15) is 121 Å². The number of aliphatic hydroxyl groups is 5. The van der Waals surface area contributed by atoms with Crippen LogP contribution in [-0.4, -0.2) is 314 Å². The van der Waals surface area contributed by atoms with E-state index in [0.29, 0.717) is 6.42 Å². The largest absolute Gasteiger partial charge is 0.505 e. The highest BCUT2D eigenvalue weighted by Crippen LogP contribution is 2.52. The van der Waals surface area contributed by atoms with Crippen molar-refractivity contribution in [2.45, 2.75) is 276 Å². The van der Waals surface area contributed by atoms with Gasteiger partial charge in [-0.25, -0.2) is 4.79 Å². The van der Waals surface area contributed by atoms with Gasteiger partial charge in [-0.05, 0) is 53.5 Å². The van der Waals surface area contributed by atoms with Gasteiger partial charge in [0.15, 0.2) is 61.4 Å². The molecule has 12 rings (SSSR count). The summed E-state index contributed by atoms with van der Waals surface area (Å²) in [4.78, 5) is 14.0. The molecule has 97 heavy (non-hydrogen) atoms. The fraction of sp³-hybridized carbons (Fsp3) is 0.887. The van der Waals surface area contributed by atoms with Crippen LogP contribution in [0.4, 0.5) is 0 Å². The normalized spacial score (nSPS) is 49.9. The first-order valence-electron chi connectivity index (χ1n) is 32.6. The van der Waals surface area contributed by atoms with Gasteiger partial charge in [0.05, 0.1) is 81.1 Å². The maximum absolute atomic E-state index is 14.0. The maximum Gasteiger partial charge on any atom is 0.342 e. The van der Waals surface area contributed by atoms with E-state index in [9.17, 15) is 35.4 Å². The number of rotatable bonds is 19. The third kappa shape index (κ3) is 14.1. The highest BCUT2D eigenvalue weighted by molar-refractivity contribution is 6.38. The second-order valence-corrected chi connectivity index (χ2v) is 27.4. The highest BCUT2D eigenvalue weighted by atomic mass is 35.5. The zero-order valence-corrected chi connectivity index (χ0v) is 57.5. The molecule has 35 unspecified atom stereocenters. The Labute approximate surface area is 569 Å². The Hall–Kier alpha value is -2.29. The van der Waals surface area contributed by atoms with Crippen LogP contribution in [0.3, 0.4) is 0 Å². The number of aliphatic hydroxyl groups excluding tert-OH is 5.